The Labute approximate surface area is 183 Å². The fourth-order valence-corrected chi connectivity index (χ4v) is 4.70. The monoisotopic (exact) mass is 439 g/mol. The van der Waals surface area contributed by atoms with E-state index in [1.807, 2.05) is 12.1 Å². The summed E-state index contributed by atoms with van der Waals surface area (Å²) in [4.78, 5) is 19.5. The minimum Gasteiger partial charge on any atom is -0.391 e. The summed E-state index contributed by atoms with van der Waals surface area (Å²) < 4.78 is 1.37. The number of hydrogen-bond acceptors (Lipinski definition) is 4. The molecule has 3 heterocycles. The van der Waals surface area contributed by atoms with Crippen LogP contribution in [-0.4, -0.2) is 27.1 Å². The van der Waals surface area contributed by atoms with Crippen LogP contribution in [0.1, 0.15) is 16.8 Å². The van der Waals surface area contributed by atoms with Crippen LogP contribution in [0.15, 0.2) is 53.5 Å². The third-order valence-electron chi connectivity index (χ3n) is 5.67. The summed E-state index contributed by atoms with van der Waals surface area (Å²) in [5, 5.41) is 13.5. The Hall–Kier alpha value is -2.60. The van der Waals surface area contributed by atoms with Crippen LogP contribution in [0.3, 0.4) is 0 Å². The van der Waals surface area contributed by atoms with Gasteiger partial charge in [-0.2, -0.15) is 0 Å². The highest BCUT2D eigenvalue weighted by Gasteiger charge is 2.25. The van der Waals surface area contributed by atoms with Crippen molar-refractivity contribution in [1.29, 1.82) is 0 Å². The molecule has 0 fully saturated rings. The van der Waals surface area contributed by atoms with Crippen molar-refractivity contribution >= 4 is 45.3 Å². The van der Waals surface area contributed by atoms with Crippen LogP contribution in [0.4, 0.5) is 5.69 Å². The fourth-order valence-electron chi connectivity index (χ4n) is 4.22. The molecule has 1 N–H and O–H groups in total. The van der Waals surface area contributed by atoms with E-state index < -0.39 is 6.10 Å². The van der Waals surface area contributed by atoms with Crippen LogP contribution in [0.2, 0.25) is 10.0 Å². The van der Waals surface area contributed by atoms with Gasteiger partial charge in [-0.3, -0.25) is 9.20 Å². The highest BCUT2D eigenvalue weighted by molar-refractivity contribution is 6.37. The molecule has 2 aromatic heterocycles. The van der Waals surface area contributed by atoms with Crippen molar-refractivity contribution in [3.8, 4) is 0 Å². The normalized spacial score (nSPS) is 16.3. The molecule has 0 unspecified atom stereocenters. The van der Waals surface area contributed by atoms with E-state index in [1.165, 1.54) is 10.5 Å². The molecule has 4 aromatic rings. The van der Waals surface area contributed by atoms with Gasteiger partial charge in [0.1, 0.15) is 0 Å². The molecule has 5 rings (SSSR count). The van der Waals surface area contributed by atoms with E-state index in [0.29, 0.717) is 46.5 Å². The molecule has 1 atom stereocenters. The SMILES string of the molecule is Cc1c(Cl)cn2c(=O)cc(CN3C[C@@H](O)Cc4ccc5ccccc5c43)nc2c1Cl. The second-order valence-corrected chi connectivity index (χ2v) is 8.51. The zero-order valence-corrected chi connectivity index (χ0v) is 17.8. The fraction of sp³-hybridized carbons (Fsp3) is 0.217. The van der Waals surface area contributed by atoms with Gasteiger partial charge in [0.2, 0.25) is 0 Å². The number of aliphatic hydroxyl groups excluding tert-OH is 1. The predicted octanol–water partition coefficient (Wildman–Crippen LogP) is 4.39. The minimum absolute atomic E-state index is 0.241. The molecule has 0 saturated carbocycles. The van der Waals surface area contributed by atoms with Gasteiger partial charge in [0.05, 0.1) is 28.4 Å². The molecule has 2 aromatic carbocycles. The van der Waals surface area contributed by atoms with E-state index in [-0.39, 0.29) is 5.56 Å². The number of anilines is 1. The predicted molar refractivity (Wildman–Crippen MR) is 121 cm³/mol. The lowest BCUT2D eigenvalue weighted by Crippen LogP contribution is -2.38. The summed E-state index contributed by atoms with van der Waals surface area (Å²) in [6.07, 6.45) is 1.67. The quantitative estimate of drug-likeness (QED) is 0.503. The number of β-amino-alcohol motifs (C(OH)–C–C–N with tert-alkyl or cyclic N) is 1. The first-order valence-electron chi connectivity index (χ1n) is 9.73. The minimum atomic E-state index is -0.482. The molecule has 152 valence electrons. The molecular formula is C23H19Cl2N3O2. The van der Waals surface area contributed by atoms with Gasteiger partial charge in [0.15, 0.2) is 5.65 Å². The lowest BCUT2D eigenvalue weighted by Gasteiger charge is -2.35. The Bertz CT molecular complexity index is 1370. The van der Waals surface area contributed by atoms with Crippen molar-refractivity contribution in [3.05, 3.63) is 85.9 Å². The van der Waals surface area contributed by atoms with Gasteiger partial charge in [-0.25, -0.2) is 4.98 Å². The standard InChI is InChI=1S/C23H19Cl2N3O2/c1-13-19(24)12-28-20(30)9-16(26-23(28)21(13)25)10-27-11-17(29)8-15-7-6-14-4-2-3-5-18(14)22(15)27/h2-7,9,12,17,29H,8,10-11H2,1H3/t17-/m0/s1. The van der Waals surface area contributed by atoms with Gasteiger partial charge in [-0.05, 0) is 23.4 Å². The number of aliphatic hydroxyl groups is 1. The Morgan fingerprint density at radius 3 is 2.83 bits per heavy atom. The molecule has 7 heteroatoms. The zero-order valence-electron chi connectivity index (χ0n) is 16.3. The lowest BCUT2D eigenvalue weighted by molar-refractivity contribution is 0.175. The van der Waals surface area contributed by atoms with Crippen LogP contribution in [0.25, 0.3) is 16.4 Å². The Morgan fingerprint density at radius 1 is 1.20 bits per heavy atom. The second kappa shape index (κ2) is 7.27. The molecule has 30 heavy (non-hydrogen) atoms. The first-order valence-corrected chi connectivity index (χ1v) is 10.5. The van der Waals surface area contributed by atoms with E-state index >= 15 is 0 Å². The summed E-state index contributed by atoms with van der Waals surface area (Å²) in [5.74, 6) is 0. The number of aromatic nitrogens is 2. The largest absolute Gasteiger partial charge is 0.391 e. The van der Waals surface area contributed by atoms with Crippen LogP contribution < -0.4 is 10.5 Å². The van der Waals surface area contributed by atoms with E-state index in [9.17, 15) is 9.90 Å². The number of rotatable bonds is 2. The van der Waals surface area contributed by atoms with Gasteiger partial charge in [0.25, 0.3) is 5.56 Å². The van der Waals surface area contributed by atoms with Crippen molar-refractivity contribution < 1.29 is 5.11 Å². The van der Waals surface area contributed by atoms with Crippen molar-refractivity contribution in [3.63, 3.8) is 0 Å². The van der Waals surface area contributed by atoms with E-state index in [2.05, 4.69) is 34.1 Å². The summed E-state index contributed by atoms with van der Waals surface area (Å²) >= 11 is 12.6. The third-order valence-corrected chi connectivity index (χ3v) is 6.50. The van der Waals surface area contributed by atoms with Crippen molar-refractivity contribution in [1.82, 2.24) is 9.38 Å². The lowest BCUT2D eigenvalue weighted by atomic mass is 9.95. The maximum atomic E-state index is 12.7. The molecule has 0 aliphatic carbocycles. The van der Waals surface area contributed by atoms with Crippen molar-refractivity contribution in [2.75, 3.05) is 11.4 Å². The molecule has 0 amide bonds. The molecular weight excluding hydrogens is 421 g/mol. The van der Waals surface area contributed by atoms with Gasteiger partial charge < -0.3 is 10.0 Å². The number of fused-ring (bicyclic) bond motifs is 4. The smallest absolute Gasteiger partial charge is 0.258 e. The maximum Gasteiger partial charge on any atom is 0.258 e. The summed E-state index contributed by atoms with van der Waals surface area (Å²) in [6, 6.07) is 13.8. The highest BCUT2D eigenvalue weighted by atomic mass is 35.5. The third kappa shape index (κ3) is 3.14. The molecule has 0 radical (unpaired) electrons. The average molecular weight is 440 g/mol. The number of benzene rings is 2. The topological polar surface area (TPSA) is 57.8 Å². The average Bonchev–Trinajstić information content (AvgIpc) is 2.72. The zero-order chi connectivity index (χ0) is 21.0. The number of pyridine rings is 1. The highest BCUT2D eigenvalue weighted by Crippen LogP contribution is 2.36. The Morgan fingerprint density at radius 2 is 2.00 bits per heavy atom. The number of hydrogen-bond donors (Lipinski definition) is 1. The summed E-state index contributed by atoms with van der Waals surface area (Å²) in [7, 11) is 0. The van der Waals surface area contributed by atoms with E-state index in [1.54, 1.807) is 13.1 Å². The van der Waals surface area contributed by atoms with Gasteiger partial charge in [0, 0.05) is 36.3 Å². The van der Waals surface area contributed by atoms with Gasteiger partial charge in [-0.15, -0.1) is 0 Å². The van der Waals surface area contributed by atoms with E-state index in [4.69, 9.17) is 23.2 Å². The Kier molecular flexibility index (Phi) is 4.69. The summed E-state index contributed by atoms with van der Waals surface area (Å²) in [6.45, 7) is 2.66. The van der Waals surface area contributed by atoms with Gasteiger partial charge >= 0.3 is 0 Å². The van der Waals surface area contributed by atoms with Crippen LogP contribution in [0, 0.1) is 6.92 Å². The van der Waals surface area contributed by atoms with Gasteiger partial charge in [-0.1, -0.05) is 59.6 Å². The van der Waals surface area contributed by atoms with Crippen LogP contribution >= 0.6 is 23.2 Å². The maximum absolute atomic E-state index is 12.7. The first kappa shape index (κ1) is 19.4. The van der Waals surface area contributed by atoms with Crippen LogP contribution in [-0.2, 0) is 13.0 Å². The molecule has 1 aliphatic rings. The van der Waals surface area contributed by atoms with Crippen molar-refractivity contribution in [2.45, 2.75) is 26.0 Å². The Balaban J connectivity index is 1.64. The van der Waals surface area contributed by atoms with Crippen molar-refractivity contribution in [2.24, 2.45) is 0 Å². The van der Waals surface area contributed by atoms with E-state index in [0.717, 1.165) is 22.0 Å². The second-order valence-electron chi connectivity index (χ2n) is 7.73. The molecule has 1 aliphatic heterocycles. The molecule has 0 saturated heterocycles. The molecule has 0 bridgehead atoms. The summed E-state index contributed by atoms with van der Waals surface area (Å²) in [5.41, 5.74) is 3.60. The number of nitrogens with zero attached hydrogens (tertiary/aromatic N) is 3. The molecule has 0 spiro atoms. The first-order chi connectivity index (χ1) is 14.4. The van der Waals surface area contributed by atoms with Crippen LogP contribution in [0.5, 0.6) is 0 Å². The number of halogens is 2. The molecule has 5 nitrogen and oxygen atoms in total.